The molecule has 0 saturated carbocycles. The van der Waals surface area contributed by atoms with Crippen LogP contribution in [-0.2, 0) is 19.6 Å². The van der Waals surface area contributed by atoms with Crippen molar-refractivity contribution in [3.05, 3.63) is 35.5 Å². The van der Waals surface area contributed by atoms with Crippen LogP contribution in [0.2, 0.25) is 0 Å². The molecule has 1 N–H and O–H groups in total. The van der Waals surface area contributed by atoms with E-state index in [-0.39, 0.29) is 10.8 Å². The lowest BCUT2D eigenvalue weighted by atomic mass is 10.1. The lowest BCUT2D eigenvalue weighted by Gasteiger charge is -2.22. The van der Waals surface area contributed by atoms with Crippen molar-refractivity contribution < 1.29 is 22.3 Å². The molecule has 2 aromatic rings. The van der Waals surface area contributed by atoms with Gasteiger partial charge in [0.25, 0.3) is 10.0 Å². The van der Waals surface area contributed by atoms with Crippen LogP contribution in [0.4, 0.5) is 4.39 Å². The van der Waals surface area contributed by atoms with Crippen LogP contribution in [0.25, 0.3) is 10.6 Å². The van der Waals surface area contributed by atoms with Gasteiger partial charge in [-0.3, -0.25) is 4.79 Å². The number of ether oxygens (including phenoxy) is 1. The quantitative estimate of drug-likeness (QED) is 0.828. The molecular formula is C14H15FN2O4S2. The van der Waals surface area contributed by atoms with Crippen LogP contribution in [0.5, 0.6) is 0 Å². The maximum Gasteiger partial charge on any atom is 0.326 e. The van der Waals surface area contributed by atoms with Crippen LogP contribution in [0, 0.1) is 5.82 Å². The number of hydrogen-bond acceptors (Lipinski definition) is 6. The Balaban J connectivity index is 2.28. The zero-order valence-corrected chi connectivity index (χ0v) is 14.3. The van der Waals surface area contributed by atoms with E-state index in [1.807, 2.05) is 0 Å². The minimum Gasteiger partial charge on any atom is -0.468 e. The molecule has 0 amide bonds. The Morgan fingerprint density at radius 3 is 2.48 bits per heavy atom. The fraction of sp³-hybridized carbons (Fsp3) is 0.286. The number of nitrogens with zero attached hydrogens (tertiary/aromatic N) is 1. The molecule has 1 heterocycles. The van der Waals surface area contributed by atoms with Crippen LogP contribution < -0.4 is 4.72 Å². The van der Waals surface area contributed by atoms with Gasteiger partial charge < -0.3 is 4.74 Å². The number of aromatic nitrogens is 1. The van der Waals surface area contributed by atoms with Crippen molar-refractivity contribution in [1.29, 1.82) is 0 Å². The average Bonchev–Trinajstić information content (AvgIpc) is 2.96. The van der Waals surface area contributed by atoms with E-state index >= 15 is 0 Å². The number of nitrogens with one attached hydrogen (secondary N) is 1. The Labute approximate surface area is 137 Å². The molecule has 0 spiro atoms. The summed E-state index contributed by atoms with van der Waals surface area (Å²) in [5.74, 6) is -1.10. The molecule has 1 aromatic heterocycles. The molecule has 0 aliphatic carbocycles. The molecule has 0 unspecified atom stereocenters. The molecule has 0 bridgehead atoms. The molecule has 0 aliphatic heterocycles. The van der Waals surface area contributed by atoms with Gasteiger partial charge >= 0.3 is 5.97 Å². The van der Waals surface area contributed by atoms with Crippen LogP contribution in [-0.4, -0.2) is 32.0 Å². The maximum atomic E-state index is 12.9. The Kier molecular flexibility index (Phi) is 4.83. The number of thiazole rings is 1. The average molecular weight is 358 g/mol. The summed E-state index contributed by atoms with van der Waals surface area (Å²) in [5, 5.41) is 1.58. The van der Waals surface area contributed by atoms with E-state index in [1.165, 1.54) is 50.6 Å². The van der Waals surface area contributed by atoms with E-state index in [4.69, 9.17) is 0 Å². The van der Waals surface area contributed by atoms with Gasteiger partial charge in [0.05, 0.1) is 7.11 Å². The van der Waals surface area contributed by atoms with Gasteiger partial charge in [-0.2, -0.15) is 4.72 Å². The Morgan fingerprint density at radius 2 is 1.91 bits per heavy atom. The molecule has 6 nitrogen and oxygen atoms in total. The van der Waals surface area contributed by atoms with E-state index in [0.29, 0.717) is 10.6 Å². The summed E-state index contributed by atoms with van der Waals surface area (Å²) >= 11 is 1.11. The molecular weight excluding hydrogens is 343 g/mol. The molecule has 2 rings (SSSR count). The first kappa shape index (κ1) is 17.5. The minimum absolute atomic E-state index is 0.209. The Morgan fingerprint density at radius 1 is 1.30 bits per heavy atom. The highest BCUT2D eigenvalue weighted by Crippen LogP contribution is 2.26. The van der Waals surface area contributed by atoms with Crippen molar-refractivity contribution in [2.24, 2.45) is 0 Å². The van der Waals surface area contributed by atoms with Crippen LogP contribution in [0.15, 0.2) is 34.7 Å². The van der Waals surface area contributed by atoms with Crippen LogP contribution >= 0.6 is 11.3 Å². The van der Waals surface area contributed by atoms with Crippen molar-refractivity contribution in [1.82, 2.24) is 9.71 Å². The zero-order valence-electron chi connectivity index (χ0n) is 12.7. The van der Waals surface area contributed by atoms with Gasteiger partial charge in [0.1, 0.15) is 16.4 Å². The second-order valence-corrected chi connectivity index (χ2v) is 7.71. The predicted molar refractivity (Wildman–Crippen MR) is 83.9 cm³/mol. The van der Waals surface area contributed by atoms with Crippen molar-refractivity contribution in [2.45, 2.75) is 24.4 Å². The number of benzene rings is 1. The third-order valence-electron chi connectivity index (χ3n) is 2.93. The zero-order chi connectivity index (χ0) is 17.3. The standard InChI is InChI=1S/C14H15FN2O4S2/c1-14(2,13(18)21-3)17-23(19,20)11-8-22-12(16-11)9-4-6-10(15)7-5-9/h4-8,17H,1-3H3. The number of carbonyl (C=O) groups excluding carboxylic acids is 1. The second-order valence-electron chi connectivity index (χ2n) is 5.22. The summed E-state index contributed by atoms with van der Waals surface area (Å²) in [6, 6.07) is 5.56. The fourth-order valence-electron chi connectivity index (χ4n) is 1.79. The van der Waals surface area contributed by atoms with Crippen molar-refractivity contribution in [3.63, 3.8) is 0 Å². The maximum absolute atomic E-state index is 12.9. The SMILES string of the molecule is COC(=O)C(C)(C)NS(=O)(=O)c1csc(-c2ccc(F)cc2)n1. The molecule has 0 saturated heterocycles. The van der Waals surface area contributed by atoms with Gasteiger partial charge in [-0.05, 0) is 38.1 Å². The van der Waals surface area contributed by atoms with Crippen LogP contribution in [0.3, 0.4) is 0 Å². The van der Waals surface area contributed by atoms with Gasteiger partial charge in [0, 0.05) is 10.9 Å². The number of methoxy groups -OCH3 is 1. The van der Waals surface area contributed by atoms with Crippen LogP contribution in [0.1, 0.15) is 13.8 Å². The summed E-state index contributed by atoms with van der Waals surface area (Å²) in [7, 11) is -2.82. The Hall–Kier alpha value is -1.84. The number of rotatable bonds is 5. The lowest BCUT2D eigenvalue weighted by Crippen LogP contribution is -2.50. The van der Waals surface area contributed by atoms with E-state index in [1.54, 1.807) is 0 Å². The highest BCUT2D eigenvalue weighted by atomic mass is 32.2. The van der Waals surface area contributed by atoms with Gasteiger partial charge in [-0.25, -0.2) is 17.8 Å². The monoisotopic (exact) mass is 358 g/mol. The normalized spacial score (nSPS) is 12.2. The number of hydrogen-bond donors (Lipinski definition) is 1. The molecule has 23 heavy (non-hydrogen) atoms. The lowest BCUT2D eigenvalue weighted by molar-refractivity contribution is -0.146. The molecule has 124 valence electrons. The number of sulfonamides is 1. The van der Waals surface area contributed by atoms with E-state index in [0.717, 1.165) is 11.3 Å². The number of carbonyl (C=O) groups is 1. The summed E-state index contributed by atoms with van der Waals surface area (Å²) in [6.07, 6.45) is 0. The smallest absolute Gasteiger partial charge is 0.326 e. The minimum atomic E-state index is -3.99. The molecule has 0 aliphatic rings. The van der Waals surface area contributed by atoms with Gasteiger partial charge in [-0.15, -0.1) is 11.3 Å². The van der Waals surface area contributed by atoms with Crippen molar-refractivity contribution in [3.8, 4) is 10.6 Å². The summed E-state index contributed by atoms with van der Waals surface area (Å²) in [6.45, 7) is 2.78. The van der Waals surface area contributed by atoms with E-state index < -0.39 is 21.5 Å². The second kappa shape index (κ2) is 6.34. The highest BCUT2D eigenvalue weighted by Gasteiger charge is 2.35. The summed E-state index contributed by atoms with van der Waals surface area (Å²) < 4.78 is 44.4. The molecule has 9 heteroatoms. The van der Waals surface area contributed by atoms with Gasteiger partial charge in [0.15, 0.2) is 5.03 Å². The first-order chi connectivity index (χ1) is 10.7. The predicted octanol–water partition coefficient (Wildman–Crippen LogP) is 2.18. The largest absolute Gasteiger partial charge is 0.468 e. The van der Waals surface area contributed by atoms with E-state index in [9.17, 15) is 17.6 Å². The summed E-state index contributed by atoms with van der Waals surface area (Å²) in [5.41, 5.74) is -0.821. The fourth-order valence-corrected chi connectivity index (χ4v) is 4.26. The molecule has 0 atom stereocenters. The first-order valence-corrected chi connectivity index (χ1v) is 8.86. The summed E-state index contributed by atoms with van der Waals surface area (Å²) in [4.78, 5) is 15.6. The van der Waals surface area contributed by atoms with Crippen molar-refractivity contribution >= 4 is 27.3 Å². The number of esters is 1. The van der Waals surface area contributed by atoms with Crippen molar-refractivity contribution in [2.75, 3.05) is 7.11 Å². The van der Waals surface area contributed by atoms with Gasteiger partial charge in [0.2, 0.25) is 0 Å². The Bertz CT molecular complexity index is 814. The molecule has 0 fully saturated rings. The third kappa shape index (κ3) is 3.92. The third-order valence-corrected chi connectivity index (χ3v) is 5.51. The molecule has 1 aromatic carbocycles. The van der Waals surface area contributed by atoms with E-state index in [2.05, 4.69) is 14.4 Å². The topological polar surface area (TPSA) is 85.4 Å². The molecule has 0 radical (unpaired) electrons. The van der Waals surface area contributed by atoms with Gasteiger partial charge in [-0.1, -0.05) is 0 Å². The highest BCUT2D eigenvalue weighted by molar-refractivity contribution is 7.89. The first-order valence-electron chi connectivity index (χ1n) is 6.49. The number of halogens is 1.